The SMILES string of the molecule is CC(C)n1cc(-c2ccc(F)cc2)c(=O)c2c(Nc3ccc(-c4cc(-c5cnn(C[C@H]6COCCO6)c5)cnc4N)c(F)c3)nccc21. The molecule has 1 saturated heterocycles. The molecule has 4 aromatic heterocycles. The standard InChI is InChI=1S/C36H33F2N7O3/c1-21(2)45-19-30(22-3-5-25(37)6-4-22)34(46)33-32(45)9-10-40-36(33)43-26-7-8-28(31(38)14-26)29-13-23(15-41-35(29)39)24-16-42-44(17-24)18-27-20-47-11-12-48-27/h3-10,13-17,19,21,27H,11-12,18,20H2,1-2H3,(H2,39,41)(H,40,43)/t27-/m0/s1. The van der Waals surface area contributed by atoms with Crippen molar-refractivity contribution in [2.45, 2.75) is 32.5 Å². The van der Waals surface area contributed by atoms with Crippen molar-refractivity contribution in [1.82, 2.24) is 24.3 Å². The quantitative estimate of drug-likeness (QED) is 0.189. The van der Waals surface area contributed by atoms with E-state index in [1.165, 1.54) is 18.2 Å². The number of aromatic nitrogens is 5. The molecule has 5 heterocycles. The van der Waals surface area contributed by atoms with Crippen LogP contribution in [0.4, 0.5) is 26.1 Å². The fourth-order valence-corrected chi connectivity index (χ4v) is 5.91. The van der Waals surface area contributed by atoms with Crippen LogP contribution in [-0.4, -0.2) is 50.2 Å². The summed E-state index contributed by atoms with van der Waals surface area (Å²) in [4.78, 5) is 22.7. The Balaban J connectivity index is 1.20. The van der Waals surface area contributed by atoms with Gasteiger partial charge in [-0.3, -0.25) is 9.48 Å². The van der Waals surface area contributed by atoms with Crippen LogP contribution in [0.2, 0.25) is 0 Å². The van der Waals surface area contributed by atoms with Gasteiger partial charge in [-0.2, -0.15) is 5.10 Å². The zero-order chi connectivity index (χ0) is 33.4. The maximum absolute atomic E-state index is 15.8. The van der Waals surface area contributed by atoms with Crippen LogP contribution in [0, 0.1) is 11.6 Å². The fourth-order valence-electron chi connectivity index (χ4n) is 5.91. The van der Waals surface area contributed by atoms with Crippen LogP contribution in [-0.2, 0) is 16.0 Å². The van der Waals surface area contributed by atoms with Crippen LogP contribution < -0.4 is 16.5 Å². The monoisotopic (exact) mass is 649 g/mol. The summed E-state index contributed by atoms with van der Waals surface area (Å²) in [5.41, 5.74) is 10.2. The highest BCUT2D eigenvalue weighted by molar-refractivity contribution is 5.94. The maximum Gasteiger partial charge on any atom is 0.200 e. The molecule has 0 unspecified atom stereocenters. The molecule has 7 rings (SSSR count). The molecule has 0 saturated carbocycles. The van der Waals surface area contributed by atoms with E-state index in [2.05, 4.69) is 20.4 Å². The third kappa shape index (κ3) is 6.15. The summed E-state index contributed by atoms with van der Waals surface area (Å²) >= 11 is 0. The lowest BCUT2D eigenvalue weighted by Gasteiger charge is -2.22. The Labute approximate surface area is 274 Å². The molecule has 0 radical (unpaired) electrons. The van der Waals surface area contributed by atoms with E-state index in [1.807, 2.05) is 24.6 Å². The van der Waals surface area contributed by atoms with Gasteiger partial charge in [0.25, 0.3) is 0 Å². The smallest absolute Gasteiger partial charge is 0.200 e. The van der Waals surface area contributed by atoms with Crippen molar-refractivity contribution >= 4 is 28.2 Å². The summed E-state index contributed by atoms with van der Waals surface area (Å²) in [5, 5.41) is 7.93. The van der Waals surface area contributed by atoms with Gasteiger partial charge in [-0.1, -0.05) is 12.1 Å². The van der Waals surface area contributed by atoms with Crippen molar-refractivity contribution in [3.63, 3.8) is 0 Å². The van der Waals surface area contributed by atoms with Gasteiger partial charge < -0.3 is 25.1 Å². The lowest BCUT2D eigenvalue weighted by molar-refractivity contribution is -0.0946. The Morgan fingerprint density at radius 1 is 0.938 bits per heavy atom. The molecule has 1 aliphatic heterocycles. The summed E-state index contributed by atoms with van der Waals surface area (Å²) in [6.07, 6.45) is 8.52. The van der Waals surface area contributed by atoms with Crippen LogP contribution in [0.1, 0.15) is 19.9 Å². The predicted molar refractivity (Wildman–Crippen MR) is 181 cm³/mol. The molecule has 0 spiro atoms. The van der Waals surface area contributed by atoms with E-state index < -0.39 is 11.6 Å². The van der Waals surface area contributed by atoms with Gasteiger partial charge in [0.15, 0.2) is 0 Å². The Kier molecular flexibility index (Phi) is 8.42. The molecule has 1 atom stereocenters. The Bertz CT molecular complexity index is 2170. The molecule has 0 aliphatic carbocycles. The second-order valence-corrected chi connectivity index (χ2v) is 11.9. The summed E-state index contributed by atoms with van der Waals surface area (Å²) in [6.45, 7) is 6.21. The minimum Gasteiger partial charge on any atom is -0.383 e. The molecular weight excluding hydrogens is 616 g/mol. The first-order valence-corrected chi connectivity index (χ1v) is 15.6. The molecular formula is C36H33F2N7O3. The minimum absolute atomic E-state index is 0.00366. The Morgan fingerprint density at radius 3 is 2.52 bits per heavy atom. The number of ether oxygens (including phenoxy) is 2. The van der Waals surface area contributed by atoms with Crippen LogP contribution in [0.5, 0.6) is 0 Å². The van der Waals surface area contributed by atoms with Gasteiger partial charge in [0.1, 0.15) is 29.4 Å². The number of nitrogens with zero attached hydrogens (tertiary/aromatic N) is 5. The molecule has 244 valence electrons. The van der Waals surface area contributed by atoms with Crippen LogP contribution >= 0.6 is 0 Å². The predicted octanol–water partition coefficient (Wildman–Crippen LogP) is 6.59. The number of hydrogen-bond donors (Lipinski definition) is 2. The van der Waals surface area contributed by atoms with Crippen molar-refractivity contribution in [2.24, 2.45) is 0 Å². The number of benzene rings is 2. The number of nitrogens with one attached hydrogen (secondary N) is 1. The third-order valence-corrected chi connectivity index (χ3v) is 8.34. The summed E-state index contributed by atoms with van der Waals surface area (Å²) in [7, 11) is 0. The van der Waals surface area contributed by atoms with Gasteiger partial charge >= 0.3 is 0 Å². The number of fused-ring (bicyclic) bond motifs is 1. The number of pyridine rings is 3. The molecule has 2 aromatic carbocycles. The Hall–Kier alpha value is -5.46. The first-order valence-electron chi connectivity index (χ1n) is 15.6. The van der Waals surface area contributed by atoms with Gasteiger partial charge in [0.2, 0.25) is 5.43 Å². The van der Waals surface area contributed by atoms with E-state index in [0.29, 0.717) is 59.6 Å². The lowest BCUT2D eigenvalue weighted by Crippen LogP contribution is -2.32. The van der Waals surface area contributed by atoms with Gasteiger partial charge in [0.05, 0.1) is 43.5 Å². The minimum atomic E-state index is -0.539. The van der Waals surface area contributed by atoms with Crippen molar-refractivity contribution in [3.8, 4) is 33.4 Å². The summed E-state index contributed by atoms with van der Waals surface area (Å²) in [6, 6.07) is 14.0. The molecule has 0 amide bonds. The molecule has 6 aromatic rings. The van der Waals surface area contributed by atoms with Crippen molar-refractivity contribution in [3.05, 3.63) is 107 Å². The lowest BCUT2D eigenvalue weighted by atomic mass is 10.0. The largest absolute Gasteiger partial charge is 0.383 e. The second kappa shape index (κ2) is 13.0. The number of nitrogens with two attached hydrogens (primary N) is 1. The van der Waals surface area contributed by atoms with Gasteiger partial charge in [-0.05, 0) is 61.9 Å². The van der Waals surface area contributed by atoms with E-state index in [4.69, 9.17) is 15.2 Å². The first-order chi connectivity index (χ1) is 23.2. The Morgan fingerprint density at radius 2 is 1.77 bits per heavy atom. The third-order valence-electron chi connectivity index (χ3n) is 8.34. The fraction of sp³-hybridized carbons (Fsp3) is 0.222. The van der Waals surface area contributed by atoms with Crippen LogP contribution in [0.15, 0.2) is 90.4 Å². The average Bonchev–Trinajstić information content (AvgIpc) is 3.55. The van der Waals surface area contributed by atoms with Gasteiger partial charge in [-0.15, -0.1) is 0 Å². The molecule has 12 heteroatoms. The molecule has 1 aliphatic rings. The van der Waals surface area contributed by atoms with Crippen molar-refractivity contribution < 1.29 is 18.3 Å². The molecule has 1 fully saturated rings. The number of nitrogen functional groups attached to an aromatic ring is 1. The summed E-state index contributed by atoms with van der Waals surface area (Å²) < 4.78 is 44.5. The zero-order valence-corrected chi connectivity index (χ0v) is 26.4. The number of halogens is 2. The number of hydrogen-bond acceptors (Lipinski definition) is 8. The highest BCUT2D eigenvalue weighted by Crippen LogP contribution is 2.34. The zero-order valence-electron chi connectivity index (χ0n) is 26.4. The topological polar surface area (TPSA) is 122 Å². The number of rotatable bonds is 8. The maximum atomic E-state index is 15.8. The van der Waals surface area contributed by atoms with Gasteiger partial charge in [-0.25, -0.2) is 18.7 Å². The van der Waals surface area contributed by atoms with E-state index >= 15 is 4.39 Å². The van der Waals surface area contributed by atoms with E-state index in [1.54, 1.807) is 65.9 Å². The van der Waals surface area contributed by atoms with E-state index in [0.717, 1.165) is 11.1 Å². The second-order valence-electron chi connectivity index (χ2n) is 11.9. The molecule has 3 N–H and O–H groups in total. The molecule has 10 nitrogen and oxygen atoms in total. The van der Waals surface area contributed by atoms with E-state index in [-0.39, 0.29) is 34.8 Å². The highest BCUT2D eigenvalue weighted by Gasteiger charge is 2.19. The van der Waals surface area contributed by atoms with Crippen molar-refractivity contribution in [1.29, 1.82) is 0 Å². The molecule has 48 heavy (non-hydrogen) atoms. The summed E-state index contributed by atoms with van der Waals surface area (Å²) in [5.74, 6) is -0.484. The first kappa shape index (κ1) is 31.2. The highest BCUT2D eigenvalue weighted by atomic mass is 19.1. The van der Waals surface area contributed by atoms with Crippen LogP contribution in [0.3, 0.4) is 0 Å². The van der Waals surface area contributed by atoms with Crippen molar-refractivity contribution in [2.75, 3.05) is 30.9 Å². The number of anilines is 3. The average molecular weight is 650 g/mol. The molecule has 0 bridgehead atoms. The normalized spacial score (nSPS) is 14.9. The van der Waals surface area contributed by atoms with Crippen LogP contribution in [0.25, 0.3) is 44.3 Å². The van der Waals surface area contributed by atoms with E-state index in [9.17, 15) is 9.18 Å². The van der Waals surface area contributed by atoms with Gasteiger partial charge in [0, 0.05) is 64.3 Å².